The van der Waals surface area contributed by atoms with Gasteiger partial charge in [-0.25, -0.2) is 0 Å². The summed E-state index contributed by atoms with van der Waals surface area (Å²) in [4.78, 5) is 4.60. The minimum Gasteiger partial charge on any atom is -0.507 e. The normalized spacial score (nSPS) is 15.5. The van der Waals surface area contributed by atoms with Crippen molar-refractivity contribution >= 4 is 34.9 Å². The first-order valence-electron chi connectivity index (χ1n) is 11.0. The maximum absolute atomic E-state index is 10.5. The lowest BCUT2D eigenvalue weighted by Crippen LogP contribution is -2.36. The molecular weight excluding hydrogens is 410 g/mol. The number of unbranched alkanes of at least 4 members (excludes halogenated alkanes) is 2. The Kier molecular flexibility index (Phi) is 8.29. The van der Waals surface area contributed by atoms with E-state index in [0.29, 0.717) is 5.75 Å². The fourth-order valence-electron chi connectivity index (χ4n) is 4.25. The van der Waals surface area contributed by atoms with Crippen molar-refractivity contribution in [3.63, 3.8) is 0 Å². The van der Waals surface area contributed by atoms with Gasteiger partial charge in [-0.05, 0) is 60.9 Å². The highest BCUT2D eigenvalue weighted by Crippen LogP contribution is 2.49. The lowest BCUT2D eigenvalue weighted by atomic mass is 9.79. The Morgan fingerprint density at radius 1 is 1.10 bits per heavy atom. The number of phenols is 1. The predicted molar refractivity (Wildman–Crippen MR) is 132 cm³/mol. The number of nitrogens with zero attached hydrogens (tertiary/aromatic N) is 1. The van der Waals surface area contributed by atoms with Crippen LogP contribution >= 0.6 is 23.5 Å². The molecule has 0 radical (unpaired) electrons. The van der Waals surface area contributed by atoms with Crippen LogP contribution in [0.3, 0.4) is 0 Å². The van der Waals surface area contributed by atoms with Crippen molar-refractivity contribution in [1.82, 2.24) is 0 Å². The molecule has 30 heavy (non-hydrogen) atoms. The van der Waals surface area contributed by atoms with Gasteiger partial charge >= 0.3 is 0 Å². The average Bonchev–Trinajstić information content (AvgIpc) is 2.93. The first kappa shape index (κ1) is 23.2. The first-order chi connectivity index (χ1) is 14.6. The summed E-state index contributed by atoms with van der Waals surface area (Å²) in [5, 5.41) is 10.5. The number of fused-ring (bicyclic) bond motifs is 1. The Balaban J connectivity index is 2.08. The van der Waals surface area contributed by atoms with E-state index in [9.17, 15) is 5.11 Å². The molecule has 0 amide bonds. The van der Waals surface area contributed by atoms with Crippen LogP contribution < -0.4 is 9.64 Å². The molecule has 0 saturated carbocycles. The van der Waals surface area contributed by atoms with Crippen molar-refractivity contribution < 1.29 is 9.84 Å². The fourth-order valence-corrected chi connectivity index (χ4v) is 6.10. The van der Waals surface area contributed by atoms with Gasteiger partial charge in [0, 0.05) is 22.9 Å². The molecule has 2 aromatic rings. The maximum atomic E-state index is 10.5. The predicted octanol–water partition coefficient (Wildman–Crippen LogP) is 7.73. The van der Waals surface area contributed by atoms with E-state index < -0.39 is 0 Å². The molecule has 3 rings (SSSR count). The number of benzene rings is 2. The number of ether oxygens (including phenoxy) is 1. The highest BCUT2D eigenvalue weighted by Gasteiger charge is 2.36. The largest absolute Gasteiger partial charge is 0.507 e. The van der Waals surface area contributed by atoms with Crippen molar-refractivity contribution in [3.8, 4) is 11.5 Å². The molecule has 0 unspecified atom stereocenters. The highest BCUT2D eigenvalue weighted by atomic mass is 32.2. The van der Waals surface area contributed by atoms with E-state index in [2.05, 4.69) is 36.9 Å². The summed E-state index contributed by atoms with van der Waals surface area (Å²) in [6.07, 6.45) is 9.50. The molecule has 1 aliphatic rings. The molecule has 0 fully saturated rings. The van der Waals surface area contributed by atoms with Crippen LogP contribution in [0.5, 0.6) is 11.5 Å². The van der Waals surface area contributed by atoms with Gasteiger partial charge in [-0.1, -0.05) is 39.5 Å². The van der Waals surface area contributed by atoms with Gasteiger partial charge in [-0.15, -0.1) is 23.5 Å². The van der Waals surface area contributed by atoms with Crippen molar-refractivity contribution in [2.75, 3.05) is 30.6 Å². The molecule has 1 N–H and O–H groups in total. The van der Waals surface area contributed by atoms with Crippen LogP contribution in [0.25, 0.3) is 0 Å². The van der Waals surface area contributed by atoms with Crippen LogP contribution in [0, 0.1) is 5.41 Å². The number of aromatic hydroxyl groups is 1. The molecular formula is C25H35NO2S2. The summed E-state index contributed by atoms with van der Waals surface area (Å²) in [6.45, 7) is 5.59. The Morgan fingerprint density at radius 3 is 2.33 bits per heavy atom. The topological polar surface area (TPSA) is 32.7 Å². The second-order valence-corrected chi connectivity index (χ2v) is 10.1. The van der Waals surface area contributed by atoms with Gasteiger partial charge in [0.25, 0.3) is 0 Å². The number of hydrogen-bond acceptors (Lipinski definition) is 5. The van der Waals surface area contributed by atoms with Gasteiger partial charge in [0.2, 0.25) is 0 Å². The first-order valence-corrected chi connectivity index (χ1v) is 13.2. The average molecular weight is 446 g/mol. The monoisotopic (exact) mass is 445 g/mol. The van der Waals surface area contributed by atoms with Gasteiger partial charge in [0.05, 0.1) is 17.7 Å². The molecule has 0 spiro atoms. The SMILES string of the molecule is CCCCC1(CCCC)CSc2cc(O)c(SC)cc2N(c2ccc(OC)cc2)C1. The molecule has 0 saturated heterocycles. The smallest absolute Gasteiger partial charge is 0.130 e. The zero-order valence-electron chi connectivity index (χ0n) is 18.7. The number of anilines is 2. The fraction of sp³-hybridized carbons (Fsp3) is 0.520. The Bertz CT molecular complexity index is 815. The summed E-state index contributed by atoms with van der Waals surface area (Å²) in [6, 6.07) is 12.6. The number of phenolic OH excluding ortho intramolecular Hbond substituents is 1. The number of rotatable bonds is 9. The van der Waals surface area contributed by atoms with Crippen LogP contribution in [0.15, 0.2) is 46.2 Å². The summed E-state index contributed by atoms with van der Waals surface area (Å²) < 4.78 is 5.39. The highest BCUT2D eigenvalue weighted by molar-refractivity contribution is 7.99. The molecule has 0 atom stereocenters. The minimum atomic E-state index is 0.269. The summed E-state index contributed by atoms with van der Waals surface area (Å²) >= 11 is 3.52. The van der Waals surface area contributed by atoms with E-state index >= 15 is 0 Å². The van der Waals surface area contributed by atoms with Crippen molar-refractivity contribution in [2.24, 2.45) is 5.41 Å². The Labute approximate surface area is 190 Å². The Morgan fingerprint density at radius 2 is 1.77 bits per heavy atom. The van der Waals surface area contributed by atoms with Crippen LogP contribution in [0.2, 0.25) is 0 Å². The van der Waals surface area contributed by atoms with Crippen LogP contribution in [0.4, 0.5) is 11.4 Å². The zero-order valence-corrected chi connectivity index (χ0v) is 20.4. The molecule has 164 valence electrons. The van der Waals surface area contributed by atoms with Crippen molar-refractivity contribution in [3.05, 3.63) is 36.4 Å². The molecule has 0 aliphatic carbocycles. The van der Waals surface area contributed by atoms with E-state index in [1.54, 1.807) is 18.9 Å². The zero-order chi connectivity index (χ0) is 21.6. The van der Waals surface area contributed by atoms with Gasteiger partial charge in [0.15, 0.2) is 0 Å². The molecule has 0 aromatic heterocycles. The lowest BCUT2D eigenvalue weighted by molar-refractivity contribution is 0.274. The molecule has 2 aromatic carbocycles. The number of hydrogen-bond donors (Lipinski definition) is 1. The summed E-state index contributed by atoms with van der Waals surface area (Å²) in [5.74, 6) is 2.37. The van der Waals surface area contributed by atoms with Crippen LogP contribution in [-0.4, -0.2) is 30.8 Å². The van der Waals surface area contributed by atoms with Crippen LogP contribution in [-0.2, 0) is 0 Å². The van der Waals surface area contributed by atoms with E-state index in [1.807, 2.05) is 36.2 Å². The number of methoxy groups -OCH3 is 1. The van der Waals surface area contributed by atoms with E-state index in [4.69, 9.17) is 4.74 Å². The third-order valence-corrected chi connectivity index (χ3v) is 8.25. The van der Waals surface area contributed by atoms with Crippen molar-refractivity contribution in [2.45, 2.75) is 62.2 Å². The molecule has 1 aliphatic heterocycles. The maximum Gasteiger partial charge on any atom is 0.130 e. The lowest BCUT2D eigenvalue weighted by Gasteiger charge is -2.37. The summed E-state index contributed by atoms with van der Waals surface area (Å²) in [5.41, 5.74) is 2.67. The molecule has 3 nitrogen and oxygen atoms in total. The second-order valence-electron chi connectivity index (χ2n) is 8.27. The quantitative estimate of drug-likeness (QED) is 0.399. The van der Waals surface area contributed by atoms with Gasteiger partial charge < -0.3 is 14.7 Å². The van der Waals surface area contributed by atoms with Crippen LogP contribution in [0.1, 0.15) is 52.4 Å². The third kappa shape index (κ3) is 5.23. The third-order valence-electron chi connectivity index (χ3n) is 6.08. The van der Waals surface area contributed by atoms with Gasteiger partial charge in [-0.2, -0.15) is 0 Å². The van der Waals surface area contributed by atoms with Crippen molar-refractivity contribution in [1.29, 1.82) is 0 Å². The van der Waals surface area contributed by atoms with E-state index in [0.717, 1.165) is 22.9 Å². The Hall–Kier alpha value is -1.46. The molecule has 5 heteroatoms. The standard InChI is InChI=1S/C25H35NO2S2/c1-5-7-13-25(14-8-6-2)17-26(19-9-11-20(28-3)12-10-19)21-15-24(29-4)22(27)16-23(21)30-18-25/h9-12,15-16,27H,5-8,13-14,17-18H2,1-4H3. The van der Waals surface area contributed by atoms with E-state index in [1.165, 1.54) is 54.8 Å². The minimum absolute atomic E-state index is 0.269. The second kappa shape index (κ2) is 10.7. The number of thioether (sulfide) groups is 2. The van der Waals surface area contributed by atoms with Gasteiger partial charge in [-0.3, -0.25) is 0 Å². The molecule has 1 heterocycles. The summed E-state index contributed by atoms with van der Waals surface area (Å²) in [7, 11) is 1.71. The van der Waals surface area contributed by atoms with E-state index in [-0.39, 0.29) is 5.41 Å². The van der Waals surface area contributed by atoms with Gasteiger partial charge in [0.1, 0.15) is 11.5 Å². The molecule has 0 bridgehead atoms.